The average molecular weight is 309 g/mol. The van der Waals surface area contributed by atoms with Crippen LogP contribution in [0, 0.1) is 0 Å². The van der Waals surface area contributed by atoms with E-state index >= 15 is 0 Å². The molecule has 1 N–H and O–H groups in total. The zero-order chi connectivity index (χ0) is 16.1. The lowest BCUT2D eigenvalue weighted by Gasteiger charge is -2.18. The van der Waals surface area contributed by atoms with Gasteiger partial charge in [-0.2, -0.15) is 0 Å². The van der Waals surface area contributed by atoms with Crippen LogP contribution < -0.4 is 14.8 Å². The third-order valence-electron chi connectivity index (χ3n) is 3.65. The summed E-state index contributed by atoms with van der Waals surface area (Å²) in [6.45, 7) is 3.09. The van der Waals surface area contributed by atoms with Gasteiger partial charge >= 0.3 is 0 Å². The quantitative estimate of drug-likeness (QED) is 0.881. The number of hydrogen-bond donors (Lipinski definition) is 1. The molecule has 2 aromatic carbocycles. The van der Waals surface area contributed by atoms with Crippen molar-refractivity contribution in [2.45, 2.75) is 13.0 Å². The van der Waals surface area contributed by atoms with Gasteiger partial charge in [-0.25, -0.2) is 0 Å². The fourth-order valence-electron chi connectivity index (χ4n) is 2.42. The molecule has 23 heavy (non-hydrogen) atoms. The lowest BCUT2D eigenvalue weighted by Crippen LogP contribution is -2.24. The van der Waals surface area contributed by atoms with Gasteiger partial charge in [0.15, 0.2) is 11.5 Å². The number of carbonyl (C=O) groups excluding carboxylic acids is 1. The maximum absolute atomic E-state index is 12.0. The van der Waals surface area contributed by atoms with Crippen LogP contribution in [0.2, 0.25) is 0 Å². The molecule has 1 heterocycles. The Bertz CT molecular complexity index is 710. The molecule has 0 aromatic heterocycles. The highest BCUT2D eigenvalue weighted by Gasteiger charge is 2.11. The van der Waals surface area contributed by atoms with Crippen LogP contribution in [-0.4, -0.2) is 19.1 Å². The first-order chi connectivity index (χ1) is 11.2. The molecule has 1 aliphatic heterocycles. The van der Waals surface area contributed by atoms with E-state index in [1.54, 1.807) is 6.08 Å². The predicted molar refractivity (Wildman–Crippen MR) is 89.5 cm³/mol. The number of carbonyl (C=O) groups is 1. The van der Waals surface area contributed by atoms with Gasteiger partial charge in [-0.15, -0.1) is 0 Å². The monoisotopic (exact) mass is 309 g/mol. The molecule has 1 amide bonds. The Morgan fingerprint density at radius 3 is 2.61 bits per heavy atom. The van der Waals surface area contributed by atoms with Gasteiger partial charge in [0.25, 0.3) is 0 Å². The van der Waals surface area contributed by atoms with Crippen LogP contribution in [0.1, 0.15) is 24.1 Å². The van der Waals surface area contributed by atoms with Gasteiger partial charge in [-0.1, -0.05) is 36.4 Å². The van der Waals surface area contributed by atoms with Crippen LogP contribution in [0.25, 0.3) is 6.08 Å². The Labute approximate surface area is 135 Å². The Morgan fingerprint density at radius 2 is 1.83 bits per heavy atom. The molecule has 1 aliphatic rings. The lowest BCUT2D eigenvalue weighted by atomic mass is 10.1. The molecule has 0 bridgehead atoms. The summed E-state index contributed by atoms with van der Waals surface area (Å²) in [6.07, 6.45) is 3.30. The molecule has 0 unspecified atom stereocenters. The number of benzene rings is 2. The fourth-order valence-corrected chi connectivity index (χ4v) is 2.42. The molecule has 1 atom stereocenters. The maximum atomic E-state index is 12.0. The first-order valence-electron chi connectivity index (χ1n) is 7.65. The van der Waals surface area contributed by atoms with Crippen LogP contribution in [0.4, 0.5) is 0 Å². The molecule has 0 saturated heterocycles. The molecule has 4 nitrogen and oxygen atoms in total. The lowest BCUT2D eigenvalue weighted by molar-refractivity contribution is -0.117. The Morgan fingerprint density at radius 1 is 1.09 bits per heavy atom. The minimum atomic E-state index is -0.128. The van der Waals surface area contributed by atoms with Crippen LogP contribution >= 0.6 is 0 Å². The molecule has 4 heteroatoms. The normalized spacial score (nSPS) is 14.5. The Balaban J connectivity index is 1.62. The molecule has 118 valence electrons. The number of rotatable bonds is 4. The van der Waals surface area contributed by atoms with E-state index < -0.39 is 0 Å². The van der Waals surface area contributed by atoms with E-state index in [-0.39, 0.29) is 11.9 Å². The summed E-state index contributed by atoms with van der Waals surface area (Å²) in [5.41, 5.74) is 1.98. The highest BCUT2D eigenvalue weighted by molar-refractivity contribution is 5.92. The molecule has 3 rings (SSSR count). The second-order valence-corrected chi connectivity index (χ2v) is 5.38. The van der Waals surface area contributed by atoms with E-state index in [9.17, 15) is 4.79 Å². The molecule has 0 radical (unpaired) electrons. The van der Waals surface area contributed by atoms with Crippen LogP contribution in [0.15, 0.2) is 54.6 Å². The van der Waals surface area contributed by atoms with E-state index in [0.29, 0.717) is 13.2 Å². The van der Waals surface area contributed by atoms with Crippen LogP contribution in [-0.2, 0) is 4.79 Å². The highest BCUT2D eigenvalue weighted by atomic mass is 16.6. The second kappa shape index (κ2) is 7.01. The van der Waals surface area contributed by atoms with Gasteiger partial charge in [0.1, 0.15) is 13.2 Å². The topological polar surface area (TPSA) is 47.6 Å². The number of ether oxygens (including phenoxy) is 2. The van der Waals surface area contributed by atoms with Crippen LogP contribution in [0.5, 0.6) is 11.5 Å². The van der Waals surface area contributed by atoms with Gasteiger partial charge in [0.05, 0.1) is 6.04 Å². The van der Waals surface area contributed by atoms with Gasteiger partial charge in [0, 0.05) is 6.08 Å². The summed E-state index contributed by atoms with van der Waals surface area (Å²) < 4.78 is 11.0. The fraction of sp³-hybridized carbons (Fsp3) is 0.211. The van der Waals surface area contributed by atoms with Crippen molar-refractivity contribution in [3.63, 3.8) is 0 Å². The Kier molecular flexibility index (Phi) is 4.62. The van der Waals surface area contributed by atoms with Crippen molar-refractivity contribution in [2.75, 3.05) is 13.2 Å². The van der Waals surface area contributed by atoms with Crippen molar-refractivity contribution in [2.24, 2.45) is 0 Å². The zero-order valence-corrected chi connectivity index (χ0v) is 13.0. The second-order valence-electron chi connectivity index (χ2n) is 5.38. The largest absolute Gasteiger partial charge is 0.486 e. The van der Waals surface area contributed by atoms with Gasteiger partial charge in [-0.3, -0.25) is 4.79 Å². The molecular formula is C19H19NO3. The zero-order valence-electron chi connectivity index (χ0n) is 13.0. The SMILES string of the molecule is C[C@@H](NC(=O)/C=C/c1ccc2c(c1)OCCO2)c1ccccc1. The Hall–Kier alpha value is -2.75. The van der Waals surface area contributed by atoms with E-state index in [4.69, 9.17) is 9.47 Å². The van der Waals surface area contributed by atoms with Crippen molar-refractivity contribution in [3.8, 4) is 11.5 Å². The summed E-state index contributed by atoms with van der Waals surface area (Å²) in [5, 5.41) is 2.95. The molecule has 0 aliphatic carbocycles. The minimum absolute atomic E-state index is 0.0337. The van der Waals surface area contributed by atoms with Crippen molar-refractivity contribution >= 4 is 12.0 Å². The molecule has 0 spiro atoms. The third-order valence-corrected chi connectivity index (χ3v) is 3.65. The van der Waals surface area contributed by atoms with Crippen molar-refractivity contribution in [1.82, 2.24) is 5.32 Å². The first-order valence-corrected chi connectivity index (χ1v) is 7.65. The average Bonchev–Trinajstić information content (AvgIpc) is 2.60. The third kappa shape index (κ3) is 3.92. The smallest absolute Gasteiger partial charge is 0.244 e. The summed E-state index contributed by atoms with van der Waals surface area (Å²) in [5.74, 6) is 1.34. The van der Waals surface area contributed by atoms with Crippen molar-refractivity contribution in [3.05, 3.63) is 65.7 Å². The van der Waals surface area contributed by atoms with Gasteiger partial charge < -0.3 is 14.8 Å². The molecular weight excluding hydrogens is 290 g/mol. The number of nitrogens with one attached hydrogen (secondary N) is 1. The van der Waals surface area contributed by atoms with E-state index in [1.807, 2.05) is 55.5 Å². The molecule has 2 aromatic rings. The molecule has 0 fully saturated rings. The summed E-state index contributed by atoms with van der Waals surface area (Å²) in [7, 11) is 0. The van der Waals surface area contributed by atoms with Gasteiger partial charge in [0.2, 0.25) is 5.91 Å². The predicted octanol–water partition coefficient (Wildman–Crippen LogP) is 3.35. The number of fused-ring (bicyclic) bond motifs is 1. The maximum Gasteiger partial charge on any atom is 0.244 e. The summed E-state index contributed by atoms with van der Waals surface area (Å²) in [4.78, 5) is 12.0. The van der Waals surface area contributed by atoms with E-state index in [2.05, 4.69) is 5.32 Å². The van der Waals surface area contributed by atoms with E-state index in [1.165, 1.54) is 6.08 Å². The standard InChI is InChI=1S/C19H19NO3/c1-14(16-5-3-2-4-6-16)20-19(21)10-8-15-7-9-17-18(13-15)23-12-11-22-17/h2-10,13-14H,11-12H2,1H3,(H,20,21)/b10-8+/t14-/m1/s1. The van der Waals surface area contributed by atoms with Crippen molar-refractivity contribution in [1.29, 1.82) is 0 Å². The number of amides is 1. The molecule has 0 saturated carbocycles. The van der Waals surface area contributed by atoms with Crippen molar-refractivity contribution < 1.29 is 14.3 Å². The van der Waals surface area contributed by atoms with Gasteiger partial charge in [-0.05, 0) is 36.3 Å². The summed E-state index contributed by atoms with van der Waals surface area (Å²) in [6, 6.07) is 15.5. The van der Waals surface area contributed by atoms with Crippen LogP contribution in [0.3, 0.4) is 0 Å². The van der Waals surface area contributed by atoms with E-state index in [0.717, 1.165) is 22.6 Å². The highest BCUT2D eigenvalue weighted by Crippen LogP contribution is 2.31. The number of hydrogen-bond acceptors (Lipinski definition) is 3. The minimum Gasteiger partial charge on any atom is -0.486 e. The first kappa shape index (κ1) is 15.2. The summed E-state index contributed by atoms with van der Waals surface area (Å²) >= 11 is 0.